The molecular formula is C20H27N5O2. The largest absolute Gasteiger partial charge is 0.361 e. The number of aryl methyl sites for hydroxylation is 4. The van der Waals surface area contributed by atoms with Crippen molar-refractivity contribution < 1.29 is 9.32 Å². The van der Waals surface area contributed by atoms with Crippen LogP contribution in [-0.4, -0.2) is 45.1 Å². The van der Waals surface area contributed by atoms with Gasteiger partial charge in [-0.05, 0) is 40.0 Å². The standard InChI is InChI=1S/C20H27N5O2/c1-5-15-8-21-14(4)22-19(15)24-9-16-6-7-17(10-24)25(20(16)26)11-18-12(2)23-27-13(18)3/h8,16-17H,5-7,9-11H2,1-4H3. The van der Waals surface area contributed by atoms with E-state index in [0.717, 1.165) is 66.6 Å². The van der Waals surface area contributed by atoms with Gasteiger partial charge in [-0.2, -0.15) is 0 Å². The number of hydrogen-bond donors (Lipinski definition) is 0. The molecule has 0 radical (unpaired) electrons. The van der Waals surface area contributed by atoms with Crippen LogP contribution in [0.3, 0.4) is 0 Å². The molecule has 5 heterocycles. The van der Waals surface area contributed by atoms with Crippen molar-refractivity contribution in [2.75, 3.05) is 18.0 Å². The van der Waals surface area contributed by atoms with Crippen LogP contribution in [0.4, 0.5) is 5.82 Å². The smallest absolute Gasteiger partial charge is 0.228 e. The molecule has 0 N–H and O–H groups in total. The van der Waals surface area contributed by atoms with Gasteiger partial charge in [-0.25, -0.2) is 9.97 Å². The number of aromatic nitrogens is 3. The first-order chi connectivity index (χ1) is 13.0. The van der Waals surface area contributed by atoms with Crippen LogP contribution in [-0.2, 0) is 17.8 Å². The quantitative estimate of drug-likeness (QED) is 0.825. The summed E-state index contributed by atoms with van der Waals surface area (Å²) in [6.07, 6.45) is 4.79. The molecule has 27 heavy (non-hydrogen) atoms. The first kappa shape index (κ1) is 17.9. The van der Waals surface area contributed by atoms with E-state index in [9.17, 15) is 4.79 Å². The average molecular weight is 369 g/mol. The third-order valence-electron chi connectivity index (χ3n) is 5.95. The van der Waals surface area contributed by atoms with E-state index in [2.05, 4.69) is 22.0 Å². The highest BCUT2D eigenvalue weighted by Crippen LogP contribution is 2.34. The van der Waals surface area contributed by atoms with Gasteiger partial charge in [0.25, 0.3) is 0 Å². The lowest BCUT2D eigenvalue weighted by molar-refractivity contribution is -0.140. The third-order valence-corrected chi connectivity index (χ3v) is 5.95. The first-order valence-corrected chi connectivity index (χ1v) is 9.77. The van der Waals surface area contributed by atoms with Crippen molar-refractivity contribution in [3.63, 3.8) is 0 Å². The summed E-state index contributed by atoms with van der Waals surface area (Å²) in [5, 5.41) is 4.05. The number of hydrogen-bond acceptors (Lipinski definition) is 6. The zero-order chi connectivity index (χ0) is 19.1. The van der Waals surface area contributed by atoms with Crippen molar-refractivity contribution >= 4 is 11.7 Å². The van der Waals surface area contributed by atoms with Gasteiger partial charge in [-0.1, -0.05) is 12.1 Å². The van der Waals surface area contributed by atoms with Crippen LogP contribution in [0.1, 0.15) is 48.2 Å². The summed E-state index contributed by atoms with van der Waals surface area (Å²) >= 11 is 0. The fourth-order valence-corrected chi connectivity index (χ4v) is 4.33. The zero-order valence-electron chi connectivity index (χ0n) is 16.5. The monoisotopic (exact) mass is 369 g/mol. The van der Waals surface area contributed by atoms with Gasteiger partial charge < -0.3 is 14.3 Å². The molecule has 3 saturated heterocycles. The number of fused-ring (bicyclic) bond motifs is 4. The highest BCUT2D eigenvalue weighted by Gasteiger charge is 2.41. The lowest BCUT2D eigenvalue weighted by Crippen LogP contribution is -2.47. The number of carbonyl (C=O) groups excluding carboxylic acids is 1. The van der Waals surface area contributed by atoms with Gasteiger partial charge in [0, 0.05) is 36.5 Å². The first-order valence-electron chi connectivity index (χ1n) is 9.77. The van der Waals surface area contributed by atoms with Crippen LogP contribution in [0.25, 0.3) is 0 Å². The third kappa shape index (κ3) is 3.19. The van der Waals surface area contributed by atoms with Gasteiger partial charge in [-0.15, -0.1) is 0 Å². The summed E-state index contributed by atoms with van der Waals surface area (Å²) in [5.41, 5.74) is 3.05. The van der Waals surface area contributed by atoms with Crippen LogP contribution >= 0.6 is 0 Å². The normalized spacial score (nSPS) is 22.4. The van der Waals surface area contributed by atoms with Crippen LogP contribution < -0.4 is 4.90 Å². The molecule has 0 aliphatic carbocycles. The number of carbonyl (C=O) groups is 1. The highest BCUT2D eigenvalue weighted by atomic mass is 16.5. The summed E-state index contributed by atoms with van der Waals surface area (Å²) in [5.74, 6) is 2.84. The van der Waals surface area contributed by atoms with Crippen LogP contribution in [0.15, 0.2) is 10.7 Å². The lowest BCUT2D eigenvalue weighted by Gasteiger charge is -2.36. The van der Waals surface area contributed by atoms with Crippen molar-refractivity contribution in [1.82, 2.24) is 20.0 Å². The molecule has 1 amide bonds. The SMILES string of the molecule is CCc1cnc(C)nc1N1CC2CCC(C1)N(Cc1c(C)noc1C)C2=O. The Labute approximate surface area is 159 Å². The predicted molar refractivity (Wildman–Crippen MR) is 101 cm³/mol. The Morgan fingerprint density at radius 2 is 2.04 bits per heavy atom. The summed E-state index contributed by atoms with van der Waals surface area (Å²) in [6, 6.07) is 0.185. The summed E-state index contributed by atoms with van der Waals surface area (Å²) in [7, 11) is 0. The lowest BCUT2D eigenvalue weighted by atomic mass is 9.93. The molecule has 144 valence electrons. The summed E-state index contributed by atoms with van der Waals surface area (Å²) in [6.45, 7) is 10.0. The minimum Gasteiger partial charge on any atom is -0.361 e. The zero-order valence-corrected chi connectivity index (χ0v) is 16.5. The maximum absolute atomic E-state index is 13.2. The van der Waals surface area contributed by atoms with Gasteiger partial charge in [0.05, 0.1) is 18.2 Å². The van der Waals surface area contributed by atoms with Gasteiger partial charge in [0.15, 0.2) is 0 Å². The topological polar surface area (TPSA) is 75.4 Å². The summed E-state index contributed by atoms with van der Waals surface area (Å²) in [4.78, 5) is 26.6. The Morgan fingerprint density at radius 3 is 2.74 bits per heavy atom. The Morgan fingerprint density at radius 1 is 1.22 bits per heavy atom. The Kier molecular flexibility index (Phi) is 4.61. The van der Waals surface area contributed by atoms with Crippen LogP contribution in [0.5, 0.6) is 0 Å². The van der Waals surface area contributed by atoms with E-state index in [1.165, 1.54) is 0 Å². The Balaban J connectivity index is 1.64. The molecule has 7 heteroatoms. The van der Waals surface area contributed by atoms with Crippen LogP contribution in [0.2, 0.25) is 0 Å². The summed E-state index contributed by atoms with van der Waals surface area (Å²) < 4.78 is 5.30. The van der Waals surface area contributed by atoms with Crippen molar-refractivity contribution in [3.8, 4) is 0 Å². The second-order valence-electron chi connectivity index (χ2n) is 7.72. The number of rotatable bonds is 4. The Hall–Kier alpha value is -2.44. The van der Waals surface area contributed by atoms with Crippen molar-refractivity contribution in [2.24, 2.45) is 5.92 Å². The number of amides is 1. The molecule has 5 rings (SSSR count). The second-order valence-corrected chi connectivity index (χ2v) is 7.72. The molecule has 0 saturated carbocycles. The van der Waals surface area contributed by atoms with Crippen molar-refractivity contribution in [1.29, 1.82) is 0 Å². The molecule has 3 aliphatic rings. The number of nitrogens with zero attached hydrogens (tertiary/aromatic N) is 5. The van der Waals surface area contributed by atoms with E-state index in [1.54, 1.807) is 0 Å². The molecule has 2 bridgehead atoms. The molecule has 3 fully saturated rings. The molecular weight excluding hydrogens is 342 g/mol. The molecule has 2 atom stereocenters. The second kappa shape index (κ2) is 6.94. The molecule has 2 unspecified atom stereocenters. The molecule has 0 aromatic carbocycles. The minimum absolute atomic E-state index is 0.0178. The van der Waals surface area contributed by atoms with Crippen LogP contribution in [0, 0.1) is 26.7 Å². The molecule has 7 nitrogen and oxygen atoms in total. The van der Waals surface area contributed by atoms with E-state index in [0.29, 0.717) is 6.54 Å². The van der Waals surface area contributed by atoms with E-state index in [-0.39, 0.29) is 17.9 Å². The molecule has 2 aromatic rings. The minimum atomic E-state index is 0.0178. The number of anilines is 1. The average Bonchev–Trinajstić information content (AvgIpc) is 2.83. The van der Waals surface area contributed by atoms with Crippen molar-refractivity contribution in [2.45, 2.75) is 59.5 Å². The van der Waals surface area contributed by atoms with Gasteiger partial charge >= 0.3 is 0 Å². The van der Waals surface area contributed by atoms with Gasteiger partial charge in [-0.3, -0.25) is 4.79 Å². The Bertz CT molecular complexity index is 843. The fraction of sp³-hybridized carbons (Fsp3) is 0.600. The van der Waals surface area contributed by atoms with Gasteiger partial charge in [0.1, 0.15) is 17.4 Å². The maximum atomic E-state index is 13.2. The highest BCUT2D eigenvalue weighted by molar-refractivity contribution is 5.81. The fourth-order valence-electron chi connectivity index (χ4n) is 4.33. The van der Waals surface area contributed by atoms with Crippen molar-refractivity contribution in [3.05, 3.63) is 34.6 Å². The predicted octanol–water partition coefficient (Wildman–Crippen LogP) is 2.58. The van der Waals surface area contributed by atoms with Gasteiger partial charge in [0.2, 0.25) is 5.91 Å². The maximum Gasteiger partial charge on any atom is 0.228 e. The van der Waals surface area contributed by atoms with E-state index >= 15 is 0 Å². The van der Waals surface area contributed by atoms with E-state index in [4.69, 9.17) is 9.51 Å². The molecule has 2 aromatic heterocycles. The van der Waals surface area contributed by atoms with E-state index < -0.39 is 0 Å². The molecule has 0 spiro atoms. The number of piperidine rings is 1. The molecule has 3 aliphatic heterocycles. The van der Waals surface area contributed by atoms with E-state index in [1.807, 2.05) is 31.9 Å².